The van der Waals surface area contributed by atoms with Crippen molar-refractivity contribution in [1.29, 1.82) is 0 Å². The van der Waals surface area contributed by atoms with Crippen molar-refractivity contribution in [3.05, 3.63) is 21.7 Å². The average molecular weight is 248 g/mol. The minimum atomic E-state index is 0.227. The number of allylic oxidation sites excluding steroid dienone is 3. The lowest BCUT2D eigenvalue weighted by molar-refractivity contribution is 0.288. The third-order valence-corrected chi connectivity index (χ3v) is 3.91. The van der Waals surface area contributed by atoms with Gasteiger partial charge in [0.05, 0.1) is 5.03 Å². The Balaban J connectivity index is 2.82. The van der Waals surface area contributed by atoms with Gasteiger partial charge in [-0.25, -0.2) is 0 Å². The molecule has 1 saturated heterocycles. The third-order valence-electron chi connectivity index (χ3n) is 3.22. The summed E-state index contributed by atoms with van der Waals surface area (Å²) < 4.78 is 0. The Morgan fingerprint density at radius 2 is 2.00 bits per heavy atom. The SMILES string of the molecule is C/C(Cl)=C(Cl)\C=C(/C)[C@]1(C)CCCNC1. The molecule has 1 fully saturated rings. The molecule has 1 N–H and O–H groups in total. The lowest BCUT2D eigenvalue weighted by atomic mass is 9.76. The van der Waals surface area contributed by atoms with Crippen molar-refractivity contribution in [2.45, 2.75) is 33.6 Å². The minimum absolute atomic E-state index is 0.227. The van der Waals surface area contributed by atoms with Gasteiger partial charge >= 0.3 is 0 Å². The van der Waals surface area contributed by atoms with Crippen LogP contribution in [0.5, 0.6) is 0 Å². The van der Waals surface area contributed by atoms with E-state index in [9.17, 15) is 0 Å². The maximum atomic E-state index is 6.04. The predicted molar refractivity (Wildman–Crippen MR) is 68.4 cm³/mol. The molecular weight excluding hydrogens is 229 g/mol. The Hall–Kier alpha value is 0.0200. The fourth-order valence-electron chi connectivity index (χ4n) is 1.86. The summed E-state index contributed by atoms with van der Waals surface area (Å²) >= 11 is 11.9. The molecule has 1 heterocycles. The maximum Gasteiger partial charge on any atom is 0.0547 e. The van der Waals surface area contributed by atoms with Gasteiger partial charge in [0.15, 0.2) is 0 Å². The van der Waals surface area contributed by atoms with E-state index < -0.39 is 0 Å². The lowest BCUT2D eigenvalue weighted by Gasteiger charge is -2.35. The smallest absolute Gasteiger partial charge is 0.0547 e. The van der Waals surface area contributed by atoms with E-state index in [0.29, 0.717) is 10.1 Å². The van der Waals surface area contributed by atoms with Crippen molar-refractivity contribution in [2.75, 3.05) is 13.1 Å². The highest BCUT2D eigenvalue weighted by atomic mass is 35.5. The van der Waals surface area contributed by atoms with Crippen molar-refractivity contribution in [3.63, 3.8) is 0 Å². The molecular formula is C12H19Cl2N. The van der Waals surface area contributed by atoms with Crippen LogP contribution in [0.25, 0.3) is 0 Å². The van der Waals surface area contributed by atoms with Gasteiger partial charge in [0.25, 0.3) is 0 Å². The van der Waals surface area contributed by atoms with Crippen molar-refractivity contribution < 1.29 is 0 Å². The molecule has 0 amide bonds. The second-order valence-electron chi connectivity index (χ2n) is 4.55. The standard InChI is InChI=1S/C12H19Cl2N/c1-9(7-11(14)10(2)13)12(3)5-4-6-15-8-12/h7,15H,4-6,8H2,1-3H3/b9-7+,11-10-/t12-/m1/s1. The van der Waals surface area contributed by atoms with Crippen LogP contribution in [0.4, 0.5) is 0 Å². The fourth-order valence-corrected chi connectivity index (χ4v) is 2.07. The number of hydrogen-bond acceptors (Lipinski definition) is 1. The monoisotopic (exact) mass is 247 g/mol. The first-order chi connectivity index (χ1) is 6.96. The summed E-state index contributed by atoms with van der Waals surface area (Å²) in [6, 6.07) is 0. The zero-order chi connectivity index (χ0) is 11.5. The molecule has 0 aromatic heterocycles. The van der Waals surface area contributed by atoms with Crippen LogP contribution in [-0.2, 0) is 0 Å². The zero-order valence-electron chi connectivity index (χ0n) is 9.66. The zero-order valence-corrected chi connectivity index (χ0v) is 11.2. The Bertz CT molecular complexity index is 282. The summed E-state index contributed by atoms with van der Waals surface area (Å²) in [5.74, 6) is 0. The summed E-state index contributed by atoms with van der Waals surface area (Å²) in [6.45, 7) is 8.38. The molecule has 86 valence electrons. The van der Waals surface area contributed by atoms with Crippen LogP contribution in [-0.4, -0.2) is 13.1 Å². The molecule has 0 aliphatic carbocycles. The minimum Gasteiger partial charge on any atom is -0.316 e. The quantitative estimate of drug-likeness (QED) is 0.727. The van der Waals surface area contributed by atoms with Crippen LogP contribution in [0.3, 0.4) is 0 Å². The normalized spacial score (nSPS) is 30.1. The summed E-state index contributed by atoms with van der Waals surface area (Å²) in [5, 5.41) is 4.74. The van der Waals surface area contributed by atoms with Crippen LogP contribution in [0.15, 0.2) is 21.7 Å². The molecule has 1 atom stereocenters. The van der Waals surface area contributed by atoms with Gasteiger partial charge < -0.3 is 5.32 Å². The third kappa shape index (κ3) is 3.51. The summed E-state index contributed by atoms with van der Waals surface area (Å²) in [7, 11) is 0. The molecule has 0 bridgehead atoms. The molecule has 1 aliphatic heterocycles. The Morgan fingerprint density at radius 1 is 1.33 bits per heavy atom. The second-order valence-corrected chi connectivity index (χ2v) is 5.52. The molecule has 1 aliphatic rings. The predicted octanol–water partition coefficient (Wildman–Crippen LogP) is 4.03. The molecule has 0 unspecified atom stereocenters. The summed E-state index contributed by atoms with van der Waals surface area (Å²) in [6.07, 6.45) is 4.44. The van der Waals surface area contributed by atoms with Crippen LogP contribution in [0.2, 0.25) is 0 Å². The Labute approximate surface area is 103 Å². The maximum absolute atomic E-state index is 6.04. The van der Waals surface area contributed by atoms with Crippen molar-refractivity contribution >= 4 is 23.2 Å². The fraction of sp³-hybridized carbons (Fsp3) is 0.667. The van der Waals surface area contributed by atoms with Crippen LogP contribution < -0.4 is 5.32 Å². The Kier molecular flexibility index (Phi) is 4.69. The van der Waals surface area contributed by atoms with Gasteiger partial charge in [-0.2, -0.15) is 0 Å². The molecule has 0 aromatic carbocycles. The van der Waals surface area contributed by atoms with Gasteiger partial charge in [-0.1, -0.05) is 35.7 Å². The van der Waals surface area contributed by atoms with E-state index in [1.165, 1.54) is 18.4 Å². The highest BCUT2D eigenvalue weighted by Crippen LogP contribution is 2.34. The summed E-state index contributed by atoms with van der Waals surface area (Å²) in [4.78, 5) is 0. The van der Waals surface area contributed by atoms with Crippen molar-refractivity contribution in [2.24, 2.45) is 5.41 Å². The van der Waals surface area contributed by atoms with E-state index >= 15 is 0 Å². The number of rotatable bonds is 2. The molecule has 1 nitrogen and oxygen atoms in total. The molecule has 0 saturated carbocycles. The second kappa shape index (κ2) is 5.38. The topological polar surface area (TPSA) is 12.0 Å². The van der Waals surface area contributed by atoms with E-state index in [0.717, 1.165) is 13.1 Å². The van der Waals surface area contributed by atoms with Gasteiger partial charge in [-0.05, 0) is 39.3 Å². The molecule has 15 heavy (non-hydrogen) atoms. The van der Waals surface area contributed by atoms with Crippen molar-refractivity contribution in [3.8, 4) is 0 Å². The van der Waals surface area contributed by atoms with E-state index in [2.05, 4.69) is 19.2 Å². The molecule has 0 radical (unpaired) electrons. The first-order valence-electron chi connectivity index (χ1n) is 5.37. The Morgan fingerprint density at radius 3 is 2.47 bits per heavy atom. The van der Waals surface area contributed by atoms with Crippen LogP contribution in [0, 0.1) is 5.41 Å². The highest BCUT2D eigenvalue weighted by Gasteiger charge is 2.28. The molecule has 1 rings (SSSR count). The van der Waals surface area contributed by atoms with Gasteiger partial charge in [-0.15, -0.1) is 0 Å². The van der Waals surface area contributed by atoms with Crippen LogP contribution in [0.1, 0.15) is 33.6 Å². The summed E-state index contributed by atoms with van der Waals surface area (Å²) in [5.41, 5.74) is 1.53. The molecule has 0 aromatic rings. The number of nitrogens with one attached hydrogen (secondary N) is 1. The van der Waals surface area contributed by atoms with E-state index in [-0.39, 0.29) is 5.41 Å². The van der Waals surface area contributed by atoms with Crippen molar-refractivity contribution in [1.82, 2.24) is 5.32 Å². The van der Waals surface area contributed by atoms with E-state index in [4.69, 9.17) is 23.2 Å². The molecule has 3 heteroatoms. The van der Waals surface area contributed by atoms with E-state index in [1.54, 1.807) is 0 Å². The van der Waals surface area contributed by atoms with Crippen LogP contribution >= 0.6 is 23.2 Å². The van der Waals surface area contributed by atoms with E-state index in [1.807, 2.05) is 13.0 Å². The average Bonchev–Trinajstić information content (AvgIpc) is 2.18. The van der Waals surface area contributed by atoms with Gasteiger partial charge in [0, 0.05) is 17.0 Å². The lowest BCUT2D eigenvalue weighted by Crippen LogP contribution is -2.38. The first-order valence-corrected chi connectivity index (χ1v) is 6.13. The highest BCUT2D eigenvalue weighted by molar-refractivity contribution is 6.40. The number of hydrogen-bond donors (Lipinski definition) is 1. The largest absolute Gasteiger partial charge is 0.316 e. The number of halogens is 2. The molecule has 0 spiro atoms. The first kappa shape index (κ1) is 13.1. The van der Waals surface area contributed by atoms with Gasteiger partial charge in [0.2, 0.25) is 0 Å². The van der Waals surface area contributed by atoms with Gasteiger partial charge in [-0.3, -0.25) is 0 Å². The van der Waals surface area contributed by atoms with Gasteiger partial charge in [0.1, 0.15) is 0 Å². The number of piperidine rings is 1.